The van der Waals surface area contributed by atoms with Crippen molar-refractivity contribution in [3.8, 4) is 0 Å². The molecule has 2 unspecified atom stereocenters. The highest BCUT2D eigenvalue weighted by atomic mass is 16.2. The summed E-state index contributed by atoms with van der Waals surface area (Å²) >= 11 is 0. The van der Waals surface area contributed by atoms with Crippen molar-refractivity contribution in [2.45, 2.75) is 85.5 Å². The van der Waals surface area contributed by atoms with Crippen LogP contribution < -0.4 is 10.6 Å². The molecule has 2 rings (SSSR count). The van der Waals surface area contributed by atoms with Crippen LogP contribution in [0.5, 0.6) is 0 Å². The number of hydrogen-bond acceptors (Lipinski definition) is 3. The summed E-state index contributed by atoms with van der Waals surface area (Å²) in [6.07, 6.45) is 4.35. The van der Waals surface area contributed by atoms with Crippen LogP contribution >= 0.6 is 0 Å². The van der Waals surface area contributed by atoms with Gasteiger partial charge in [-0.3, -0.25) is 14.5 Å². The summed E-state index contributed by atoms with van der Waals surface area (Å²) in [5.74, 6) is 0.130. The average Bonchev–Trinajstić information content (AvgIpc) is 2.66. The number of carbonyl (C=O) groups excluding carboxylic acids is 2. The summed E-state index contributed by atoms with van der Waals surface area (Å²) in [7, 11) is 0. The first kappa shape index (κ1) is 23.4. The molecule has 0 bridgehead atoms. The van der Waals surface area contributed by atoms with E-state index in [1.165, 1.54) is 31.4 Å². The molecule has 5 heteroatoms. The summed E-state index contributed by atoms with van der Waals surface area (Å²) in [6.45, 7) is 12.9. The highest BCUT2D eigenvalue weighted by molar-refractivity contribution is 5.87. The predicted octanol–water partition coefficient (Wildman–Crippen LogP) is 3.86. The van der Waals surface area contributed by atoms with Gasteiger partial charge in [0.2, 0.25) is 11.8 Å². The van der Waals surface area contributed by atoms with E-state index in [-0.39, 0.29) is 23.7 Å². The summed E-state index contributed by atoms with van der Waals surface area (Å²) in [5.41, 5.74) is 2.39. The second-order valence-electron chi connectivity index (χ2n) is 9.24. The molecule has 29 heavy (non-hydrogen) atoms. The Morgan fingerprint density at radius 2 is 1.72 bits per heavy atom. The molecule has 1 aromatic rings. The van der Waals surface area contributed by atoms with Gasteiger partial charge in [-0.05, 0) is 49.3 Å². The molecular formula is C24H39N3O2. The van der Waals surface area contributed by atoms with Gasteiger partial charge in [0.15, 0.2) is 0 Å². The molecule has 0 spiro atoms. The number of amides is 2. The van der Waals surface area contributed by atoms with Crippen LogP contribution in [0.2, 0.25) is 0 Å². The highest BCUT2D eigenvalue weighted by Crippen LogP contribution is 2.19. The van der Waals surface area contributed by atoms with Gasteiger partial charge in [0.1, 0.15) is 6.04 Å². The van der Waals surface area contributed by atoms with Crippen LogP contribution in [-0.2, 0) is 22.7 Å². The van der Waals surface area contributed by atoms with E-state index in [4.69, 9.17) is 0 Å². The second-order valence-corrected chi connectivity index (χ2v) is 9.24. The van der Waals surface area contributed by atoms with Gasteiger partial charge in [0.05, 0.1) is 0 Å². The van der Waals surface area contributed by atoms with E-state index < -0.39 is 6.04 Å². The van der Waals surface area contributed by atoms with Gasteiger partial charge in [0.25, 0.3) is 0 Å². The van der Waals surface area contributed by atoms with Crippen molar-refractivity contribution in [3.63, 3.8) is 0 Å². The Labute approximate surface area is 176 Å². The first-order valence-corrected chi connectivity index (χ1v) is 11.1. The molecule has 1 aromatic carbocycles. The van der Waals surface area contributed by atoms with Crippen LogP contribution in [0.3, 0.4) is 0 Å². The lowest BCUT2D eigenvalue weighted by molar-refractivity contribution is -0.130. The van der Waals surface area contributed by atoms with Gasteiger partial charge in [0, 0.05) is 25.6 Å². The zero-order chi connectivity index (χ0) is 21.4. The molecule has 2 atom stereocenters. The minimum Gasteiger partial charge on any atom is -0.350 e. The second kappa shape index (κ2) is 11.3. The number of benzene rings is 1. The third-order valence-electron chi connectivity index (χ3n) is 5.68. The molecule has 1 saturated heterocycles. The molecule has 1 aliphatic rings. The Bertz CT molecular complexity index is 655. The summed E-state index contributed by atoms with van der Waals surface area (Å²) in [5, 5.41) is 5.87. The Morgan fingerprint density at radius 3 is 2.31 bits per heavy atom. The monoisotopic (exact) mass is 401 g/mol. The Morgan fingerprint density at radius 1 is 1.07 bits per heavy atom. The molecule has 1 heterocycles. The lowest BCUT2D eigenvalue weighted by Gasteiger charge is -2.33. The third kappa shape index (κ3) is 7.81. The van der Waals surface area contributed by atoms with E-state index in [2.05, 4.69) is 46.7 Å². The number of hydrogen-bond donors (Lipinski definition) is 2. The van der Waals surface area contributed by atoms with Crippen molar-refractivity contribution < 1.29 is 9.59 Å². The number of nitrogens with zero attached hydrogens (tertiary/aromatic N) is 1. The fourth-order valence-electron chi connectivity index (χ4n) is 3.83. The van der Waals surface area contributed by atoms with E-state index in [1.54, 1.807) is 0 Å². The van der Waals surface area contributed by atoms with Gasteiger partial charge >= 0.3 is 0 Å². The van der Waals surface area contributed by atoms with Crippen molar-refractivity contribution in [1.29, 1.82) is 0 Å². The normalized spacial score (nSPS) is 18.7. The van der Waals surface area contributed by atoms with E-state index >= 15 is 0 Å². The molecule has 0 saturated carbocycles. The Hall–Kier alpha value is -1.88. The highest BCUT2D eigenvalue weighted by Gasteiger charge is 2.24. The van der Waals surface area contributed by atoms with Crippen LogP contribution in [0, 0.1) is 11.8 Å². The van der Waals surface area contributed by atoms with Crippen molar-refractivity contribution >= 4 is 11.8 Å². The van der Waals surface area contributed by atoms with E-state index in [9.17, 15) is 9.59 Å². The van der Waals surface area contributed by atoms with Crippen LogP contribution in [-0.4, -0.2) is 35.3 Å². The fourth-order valence-corrected chi connectivity index (χ4v) is 3.83. The molecule has 5 nitrogen and oxygen atoms in total. The number of nitrogens with one attached hydrogen (secondary N) is 2. The van der Waals surface area contributed by atoms with Crippen molar-refractivity contribution in [2.24, 2.45) is 11.8 Å². The first-order chi connectivity index (χ1) is 13.8. The predicted molar refractivity (Wildman–Crippen MR) is 118 cm³/mol. The molecule has 2 amide bonds. The number of carbonyl (C=O) groups is 2. The van der Waals surface area contributed by atoms with Gasteiger partial charge in [-0.25, -0.2) is 0 Å². The van der Waals surface area contributed by atoms with Gasteiger partial charge < -0.3 is 10.6 Å². The Balaban J connectivity index is 1.85. The molecule has 0 aromatic heterocycles. The van der Waals surface area contributed by atoms with Crippen molar-refractivity contribution in [3.05, 3.63) is 35.4 Å². The van der Waals surface area contributed by atoms with E-state index in [0.717, 1.165) is 12.1 Å². The smallest absolute Gasteiger partial charge is 0.243 e. The minimum absolute atomic E-state index is 0.0417. The Kier molecular flexibility index (Phi) is 9.15. The topological polar surface area (TPSA) is 61.4 Å². The van der Waals surface area contributed by atoms with E-state index in [1.807, 2.05) is 27.7 Å². The van der Waals surface area contributed by atoms with E-state index in [0.29, 0.717) is 19.0 Å². The molecule has 1 fully saturated rings. The maximum absolute atomic E-state index is 12.6. The summed E-state index contributed by atoms with van der Waals surface area (Å²) in [6, 6.07) is 8.65. The molecule has 1 aliphatic heterocycles. The maximum Gasteiger partial charge on any atom is 0.243 e. The minimum atomic E-state index is -0.499. The van der Waals surface area contributed by atoms with Gasteiger partial charge in [-0.2, -0.15) is 0 Å². The lowest BCUT2D eigenvalue weighted by Crippen LogP contribution is -2.49. The fraction of sp³-hybridized carbons (Fsp3) is 0.667. The summed E-state index contributed by atoms with van der Waals surface area (Å²) < 4.78 is 0. The molecule has 0 aliphatic carbocycles. The molecular weight excluding hydrogens is 362 g/mol. The number of piperidine rings is 1. The van der Waals surface area contributed by atoms with Crippen LogP contribution in [0.1, 0.15) is 71.4 Å². The third-order valence-corrected chi connectivity index (χ3v) is 5.68. The largest absolute Gasteiger partial charge is 0.350 e. The zero-order valence-electron chi connectivity index (χ0n) is 18.8. The molecule has 0 radical (unpaired) electrons. The standard InChI is InChI=1S/C24H39N3O2/c1-17(2)14-22(28)26-23(18(3)4)24(29)25-15-20-9-11-21(12-10-20)16-27-13-7-6-8-19(27)5/h9-12,17-19,23H,6-8,13-16H2,1-5H3,(H,25,29)(H,26,28). The first-order valence-electron chi connectivity index (χ1n) is 11.1. The van der Waals surface area contributed by atoms with Crippen molar-refractivity contribution in [1.82, 2.24) is 15.5 Å². The summed E-state index contributed by atoms with van der Waals surface area (Å²) in [4.78, 5) is 27.2. The van der Waals surface area contributed by atoms with Gasteiger partial charge in [-0.15, -0.1) is 0 Å². The quantitative estimate of drug-likeness (QED) is 0.660. The number of rotatable bonds is 9. The van der Waals surface area contributed by atoms with Gasteiger partial charge in [-0.1, -0.05) is 58.4 Å². The average molecular weight is 402 g/mol. The van der Waals surface area contributed by atoms with Crippen molar-refractivity contribution in [2.75, 3.05) is 6.54 Å². The zero-order valence-corrected chi connectivity index (χ0v) is 18.8. The SMILES string of the molecule is CC(C)CC(=O)NC(C(=O)NCc1ccc(CN2CCCCC2C)cc1)C(C)C. The van der Waals surface area contributed by atoms with Crippen LogP contribution in [0.25, 0.3) is 0 Å². The van der Waals surface area contributed by atoms with Crippen LogP contribution in [0.15, 0.2) is 24.3 Å². The number of likely N-dealkylation sites (tertiary alicyclic amines) is 1. The molecule has 2 N–H and O–H groups in total. The lowest BCUT2D eigenvalue weighted by atomic mass is 10.0. The molecule has 162 valence electrons. The van der Waals surface area contributed by atoms with Crippen LogP contribution in [0.4, 0.5) is 0 Å². The maximum atomic E-state index is 12.6.